The predicted octanol–water partition coefficient (Wildman–Crippen LogP) is 4.45. The van der Waals surface area contributed by atoms with Crippen molar-refractivity contribution in [1.82, 2.24) is 0 Å². The molecule has 0 fully saturated rings. The lowest BCUT2D eigenvalue weighted by Gasteiger charge is -2.13. The molecule has 0 aliphatic heterocycles. The number of aryl methyl sites for hydroxylation is 1. The maximum absolute atomic E-state index is 13.4. The minimum absolute atomic E-state index is 0.0713. The summed E-state index contributed by atoms with van der Waals surface area (Å²) in [4.78, 5) is 1.20. The molecule has 0 saturated heterocycles. The van der Waals surface area contributed by atoms with E-state index in [2.05, 4.69) is 34.3 Å². The molecule has 2 rings (SSSR count). The number of thiophene rings is 1. The molecular formula is C14H15BrFNS. The number of benzene rings is 1. The minimum Gasteiger partial charge on any atom is -0.323 e. The summed E-state index contributed by atoms with van der Waals surface area (Å²) in [6.07, 6.45) is 1.63. The molecule has 0 amide bonds. The third-order valence-corrected chi connectivity index (χ3v) is 4.95. The number of hydrogen-bond acceptors (Lipinski definition) is 2. The lowest BCUT2D eigenvalue weighted by atomic mass is 10.0. The lowest BCUT2D eigenvalue weighted by Crippen LogP contribution is -2.14. The smallest absolute Gasteiger partial charge is 0.137 e. The van der Waals surface area contributed by atoms with Crippen LogP contribution < -0.4 is 5.73 Å². The van der Waals surface area contributed by atoms with Crippen molar-refractivity contribution in [3.63, 3.8) is 0 Å². The largest absolute Gasteiger partial charge is 0.323 e. The van der Waals surface area contributed by atoms with Gasteiger partial charge in [-0.25, -0.2) is 4.39 Å². The molecule has 0 spiro atoms. The van der Waals surface area contributed by atoms with E-state index in [-0.39, 0.29) is 11.9 Å². The van der Waals surface area contributed by atoms with Crippen molar-refractivity contribution in [2.75, 3.05) is 0 Å². The quantitative estimate of drug-likeness (QED) is 0.881. The molecule has 1 atom stereocenters. The van der Waals surface area contributed by atoms with E-state index in [4.69, 9.17) is 5.73 Å². The summed E-state index contributed by atoms with van der Waals surface area (Å²) in [6.45, 7) is 2.12. The summed E-state index contributed by atoms with van der Waals surface area (Å²) in [5.41, 5.74) is 8.44. The van der Waals surface area contributed by atoms with E-state index >= 15 is 0 Å². The molecule has 0 bridgehead atoms. The Hall–Kier alpha value is -0.710. The first-order valence-electron chi connectivity index (χ1n) is 5.88. The number of hydrogen-bond donors (Lipinski definition) is 1. The Morgan fingerprint density at radius 3 is 2.83 bits per heavy atom. The van der Waals surface area contributed by atoms with Gasteiger partial charge in [0.15, 0.2) is 0 Å². The summed E-state index contributed by atoms with van der Waals surface area (Å²) in [5, 5.41) is 2.06. The van der Waals surface area contributed by atoms with Crippen molar-refractivity contribution in [2.45, 2.75) is 25.8 Å². The Morgan fingerprint density at radius 2 is 2.11 bits per heavy atom. The van der Waals surface area contributed by atoms with Gasteiger partial charge in [0.05, 0.1) is 4.47 Å². The summed E-state index contributed by atoms with van der Waals surface area (Å²) in [6, 6.07) is 7.12. The van der Waals surface area contributed by atoms with E-state index in [1.807, 2.05) is 6.07 Å². The van der Waals surface area contributed by atoms with Crippen molar-refractivity contribution in [1.29, 1.82) is 0 Å². The number of halogens is 2. The zero-order chi connectivity index (χ0) is 13.1. The molecule has 2 aromatic rings. The van der Waals surface area contributed by atoms with Crippen LogP contribution in [0.25, 0.3) is 0 Å². The maximum Gasteiger partial charge on any atom is 0.137 e. The van der Waals surface area contributed by atoms with Crippen LogP contribution in [0.4, 0.5) is 4.39 Å². The molecule has 1 aromatic heterocycles. The Bertz CT molecular complexity index is 538. The SMILES string of the molecule is CCc1ccsc1C(N)Cc1cccc(F)c1Br. The fraction of sp³-hybridized carbons (Fsp3) is 0.286. The van der Waals surface area contributed by atoms with E-state index in [1.165, 1.54) is 16.5 Å². The summed E-state index contributed by atoms with van der Waals surface area (Å²) in [7, 11) is 0. The van der Waals surface area contributed by atoms with Gasteiger partial charge in [-0.1, -0.05) is 19.1 Å². The van der Waals surface area contributed by atoms with Gasteiger partial charge >= 0.3 is 0 Å². The van der Waals surface area contributed by atoms with Gasteiger partial charge in [0.1, 0.15) is 5.82 Å². The van der Waals surface area contributed by atoms with Gasteiger partial charge in [0.25, 0.3) is 0 Å². The second-order valence-electron chi connectivity index (χ2n) is 4.19. The molecule has 18 heavy (non-hydrogen) atoms. The van der Waals surface area contributed by atoms with Crippen molar-refractivity contribution >= 4 is 27.3 Å². The molecule has 0 aliphatic carbocycles. The van der Waals surface area contributed by atoms with E-state index in [9.17, 15) is 4.39 Å². The van der Waals surface area contributed by atoms with E-state index in [0.717, 1.165) is 12.0 Å². The molecule has 1 unspecified atom stereocenters. The van der Waals surface area contributed by atoms with Crippen LogP contribution in [0.1, 0.15) is 29.0 Å². The molecule has 0 saturated carbocycles. The Morgan fingerprint density at radius 1 is 1.33 bits per heavy atom. The third kappa shape index (κ3) is 2.82. The molecule has 1 heterocycles. The maximum atomic E-state index is 13.4. The predicted molar refractivity (Wildman–Crippen MR) is 78.4 cm³/mol. The molecule has 0 radical (unpaired) electrons. The van der Waals surface area contributed by atoms with Crippen LogP contribution in [0, 0.1) is 5.82 Å². The highest BCUT2D eigenvalue weighted by molar-refractivity contribution is 9.10. The third-order valence-electron chi connectivity index (χ3n) is 2.97. The fourth-order valence-electron chi connectivity index (χ4n) is 2.00. The Kier molecular flexibility index (Phi) is 4.54. The highest BCUT2D eigenvalue weighted by Crippen LogP contribution is 2.29. The van der Waals surface area contributed by atoms with Crippen LogP contribution in [-0.2, 0) is 12.8 Å². The molecule has 1 aromatic carbocycles. The Balaban J connectivity index is 2.21. The summed E-state index contributed by atoms with van der Waals surface area (Å²) < 4.78 is 14.0. The molecule has 1 nitrogen and oxygen atoms in total. The Labute approximate surface area is 119 Å². The van der Waals surface area contributed by atoms with Gasteiger partial charge in [-0.15, -0.1) is 11.3 Å². The van der Waals surface area contributed by atoms with Gasteiger partial charge in [-0.3, -0.25) is 0 Å². The van der Waals surface area contributed by atoms with Crippen LogP contribution in [0.15, 0.2) is 34.1 Å². The first-order chi connectivity index (χ1) is 8.63. The molecule has 4 heteroatoms. The van der Waals surface area contributed by atoms with Crippen LogP contribution >= 0.6 is 27.3 Å². The highest BCUT2D eigenvalue weighted by Gasteiger charge is 2.15. The van der Waals surface area contributed by atoms with Gasteiger partial charge in [0.2, 0.25) is 0 Å². The van der Waals surface area contributed by atoms with Gasteiger partial charge < -0.3 is 5.73 Å². The average Bonchev–Trinajstić information content (AvgIpc) is 2.83. The zero-order valence-electron chi connectivity index (χ0n) is 10.1. The second kappa shape index (κ2) is 5.95. The molecule has 2 N–H and O–H groups in total. The average molecular weight is 328 g/mol. The number of rotatable bonds is 4. The monoisotopic (exact) mass is 327 g/mol. The zero-order valence-corrected chi connectivity index (χ0v) is 12.5. The van der Waals surface area contributed by atoms with Gasteiger partial charge in [-0.05, 0) is 57.4 Å². The first kappa shape index (κ1) is 13.7. The topological polar surface area (TPSA) is 26.0 Å². The first-order valence-corrected chi connectivity index (χ1v) is 7.55. The molecular weight excluding hydrogens is 313 g/mol. The van der Waals surface area contributed by atoms with E-state index < -0.39 is 0 Å². The van der Waals surface area contributed by atoms with Crippen LogP contribution in [0.3, 0.4) is 0 Å². The van der Waals surface area contributed by atoms with Crippen LogP contribution in [-0.4, -0.2) is 0 Å². The number of nitrogens with two attached hydrogens (primary N) is 1. The highest BCUT2D eigenvalue weighted by atomic mass is 79.9. The van der Waals surface area contributed by atoms with Crippen molar-refractivity contribution in [3.05, 3.63) is 55.9 Å². The van der Waals surface area contributed by atoms with Gasteiger partial charge in [0, 0.05) is 10.9 Å². The summed E-state index contributed by atoms with van der Waals surface area (Å²) >= 11 is 4.96. The summed E-state index contributed by atoms with van der Waals surface area (Å²) in [5.74, 6) is -0.235. The van der Waals surface area contributed by atoms with Crippen molar-refractivity contribution in [2.24, 2.45) is 5.73 Å². The van der Waals surface area contributed by atoms with Crippen molar-refractivity contribution < 1.29 is 4.39 Å². The second-order valence-corrected chi connectivity index (χ2v) is 5.93. The van der Waals surface area contributed by atoms with Crippen LogP contribution in [0.5, 0.6) is 0 Å². The van der Waals surface area contributed by atoms with Crippen LogP contribution in [0.2, 0.25) is 0 Å². The van der Waals surface area contributed by atoms with E-state index in [1.54, 1.807) is 17.4 Å². The minimum atomic E-state index is -0.235. The standard InChI is InChI=1S/C14H15BrFNS/c1-2-9-6-7-18-14(9)12(17)8-10-4-3-5-11(16)13(10)15/h3-7,12H,2,8,17H2,1H3. The molecule has 0 aliphatic rings. The normalized spacial score (nSPS) is 12.7. The fourth-order valence-corrected chi connectivity index (χ4v) is 3.43. The van der Waals surface area contributed by atoms with E-state index in [0.29, 0.717) is 10.9 Å². The lowest BCUT2D eigenvalue weighted by molar-refractivity contribution is 0.614. The molecule has 96 valence electrons. The van der Waals surface area contributed by atoms with Gasteiger partial charge in [-0.2, -0.15) is 0 Å². The van der Waals surface area contributed by atoms with Crippen molar-refractivity contribution in [3.8, 4) is 0 Å².